The summed E-state index contributed by atoms with van der Waals surface area (Å²) in [5.74, 6) is -2.51. The molecule has 0 aromatic rings. The molecule has 76 valence electrons. The summed E-state index contributed by atoms with van der Waals surface area (Å²) in [6.45, 7) is 0.983. The van der Waals surface area contributed by atoms with Gasteiger partial charge in [0.15, 0.2) is 0 Å². The van der Waals surface area contributed by atoms with E-state index in [2.05, 4.69) is 11.4 Å². The number of carbonyl (C=O) groups is 2. The minimum Gasteiger partial charge on any atom is -0.478 e. The summed E-state index contributed by atoms with van der Waals surface area (Å²) in [7, 11) is 0. The highest BCUT2D eigenvalue weighted by molar-refractivity contribution is 5.89. The maximum atomic E-state index is 9.55. The van der Waals surface area contributed by atoms with Crippen LogP contribution in [-0.2, 0) is 9.59 Å². The molecule has 5 heteroatoms. The van der Waals surface area contributed by atoms with Crippen LogP contribution in [0.3, 0.4) is 0 Å². The Morgan fingerprint density at radius 3 is 1.86 bits per heavy atom. The standard InChI is InChI=1S/C5H7N.C4H4O4/c1-2-4-6-5-3-1;5-3(6)1-2-4(7)8/h1-4,6H,5H2;1-2H,(H,5,6)(H,7,8)/b;2-1-. The molecule has 0 saturated carbocycles. The SMILES string of the molecule is C1=CCNC=C1.O=C(O)/C=C\C(=O)O. The summed E-state index contributed by atoms with van der Waals surface area (Å²) in [5, 5.41) is 18.6. The Morgan fingerprint density at radius 2 is 1.71 bits per heavy atom. The molecule has 0 aromatic carbocycles. The van der Waals surface area contributed by atoms with Crippen LogP contribution < -0.4 is 5.32 Å². The lowest BCUT2D eigenvalue weighted by atomic mass is 10.4. The Bertz CT molecular complexity index is 251. The van der Waals surface area contributed by atoms with Crippen LogP contribution in [-0.4, -0.2) is 28.7 Å². The van der Waals surface area contributed by atoms with Crippen molar-refractivity contribution in [3.8, 4) is 0 Å². The minimum absolute atomic E-state index is 0.558. The largest absolute Gasteiger partial charge is 0.478 e. The Hall–Kier alpha value is -2.04. The predicted molar refractivity (Wildman–Crippen MR) is 50.7 cm³/mol. The van der Waals surface area contributed by atoms with Crippen molar-refractivity contribution < 1.29 is 19.8 Å². The van der Waals surface area contributed by atoms with Crippen molar-refractivity contribution >= 4 is 11.9 Å². The number of carboxylic acids is 2. The first kappa shape index (κ1) is 12.0. The van der Waals surface area contributed by atoms with Gasteiger partial charge in [-0.05, 0) is 12.3 Å². The third kappa shape index (κ3) is 9.96. The Balaban J connectivity index is 0.000000249. The summed E-state index contributed by atoms with van der Waals surface area (Å²) in [6.07, 6.45) is 9.12. The van der Waals surface area contributed by atoms with Crippen LogP contribution in [0.1, 0.15) is 0 Å². The van der Waals surface area contributed by atoms with Gasteiger partial charge in [-0.3, -0.25) is 0 Å². The molecule has 5 nitrogen and oxygen atoms in total. The van der Waals surface area contributed by atoms with Gasteiger partial charge in [0.2, 0.25) is 0 Å². The second-order valence-electron chi connectivity index (χ2n) is 2.21. The first-order valence-electron chi connectivity index (χ1n) is 3.82. The van der Waals surface area contributed by atoms with E-state index in [0.29, 0.717) is 12.2 Å². The molecule has 1 rings (SSSR count). The summed E-state index contributed by atoms with van der Waals surface area (Å²) >= 11 is 0. The van der Waals surface area contributed by atoms with Gasteiger partial charge in [0, 0.05) is 18.7 Å². The van der Waals surface area contributed by atoms with Crippen molar-refractivity contribution in [1.29, 1.82) is 0 Å². The number of aliphatic carboxylic acids is 2. The van der Waals surface area contributed by atoms with Crippen molar-refractivity contribution in [3.05, 3.63) is 36.6 Å². The van der Waals surface area contributed by atoms with Crippen molar-refractivity contribution in [1.82, 2.24) is 5.32 Å². The molecule has 14 heavy (non-hydrogen) atoms. The molecule has 0 saturated heterocycles. The molecule has 1 aliphatic rings. The number of nitrogens with one attached hydrogen (secondary N) is 1. The molecule has 0 aromatic heterocycles. The smallest absolute Gasteiger partial charge is 0.328 e. The van der Waals surface area contributed by atoms with E-state index in [1.54, 1.807) is 0 Å². The van der Waals surface area contributed by atoms with Gasteiger partial charge in [-0.2, -0.15) is 0 Å². The number of dihydropyridines is 1. The van der Waals surface area contributed by atoms with Gasteiger partial charge in [0.1, 0.15) is 0 Å². The molecule has 0 spiro atoms. The van der Waals surface area contributed by atoms with Crippen LogP contribution in [0.4, 0.5) is 0 Å². The average molecular weight is 197 g/mol. The van der Waals surface area contributed by atoms with Crippen LogP contribution >= 0.6 is 0 Å². The zero-order valence-electron chi connectivity index (χ0n) is 7.38. The molecular weight excluding hydrogens is 186 g/mol. The van der Waals surface area contributed by atoms with E-state index in [1.807, 2.05) is 18.4 Å². The minimum atomic E-state index is -1.26. The number of rotatable bonds is 2. The topological polar surface area (TPSA) is 86.6 Å². The molecule has 1 heterocycles. The molecule has 0 fully saturated rings. The fraction of sp³-hybridized carbons (Fsp3) is 0.111. The number of hydrogen-bond donors (Lipinski definition) is 3. The van der Waals surface area contributed by atoms with E-state index in [-0.39, 0.29) is 0 Å². The summed E-state index contributed by atoms with van der Waals surface area (Å²) in [4.78, 5) is 19.1. The quantitative estimate of drug-likeness (QED) is 0.557. The van der Waals surface area contributed by atoms with Crippen molar-refractivity contribution in [3.63, 3.8) is 0 Å². The van der Waals surface area contributed by atoms with E-state index >= 15 is 0 Å². The van der Waals surface area contributed by atoms with Crippen LogP contribution in [0, 0.1) is 0 Å². The molecule has 0 unspecified atom stereocenters. The van der Waals surface area contributed by atoms with Gasteiger partial charge in [-0.15, -0.1) is 0 Å². The maximum Gasteiger partial charge on any atom is 0.328 e. The van der Waals surface area contributed by atoms with Crippen molar-refractivity contribution in [2.45, 2.75) is 0 Å². The molecule has 1 aliphatic heterocycles. The highest BCUT2D eigenvalue weighted by Crippen LogP contribution is 1.78. The molecular formula is C9H11NO4. The summed E-state index contributed by atoms with van der Waals surface area (Å²) < 4.78 is 0. The zero-order valence-corrected chi connectivity index (χ0v) is 7.38. The molecule has 0 amide bonds. The van der Waals surface area contributed by atoms with Gasteiger partial charge >= 0.3 is 11.9 Å². The van der Waals surface area contributed by atoms with E-state index in [1.165, 1.54) is 0 Å². The highest BCUT2D eigenvalue weighted by atomic mass is 16.4. The van der Waals surface area contributed by atoms with Gasteiger partial charge < -0.3 is 15.5 Å². The van der Waals surface area contributed by atoms with E-state index in [9.17, 15) is 9.59 Å². The first-order valence-corrected chi connectivity index (χ1v) is 3.82. The number of hydrogen-bond acceptors (Lipinski definition) is 3. The fourth-order valence-corrected chi connectivity index (χ4v) is 0.549. The Kier molecular flexibility index (Phi) is 6.49. The van der Waals surface area contributed by atoms with E-state index in [0.717, 1.165) is 6.54 Å². The highest BCUT2D eigenvalue weighted by Gasteiger charge is 1.88. The van der Waals surface area contributed by atoms with Gasteiger partial charge in [-0.25, -0.2) is 9.59 Å². The second-order valence-corrected chi connectivity index (χ2v) is 2.21. The third-order valence-electron chi connectivity index (χ3n) is 1.07. The molecule has 0 bridgehead atoms. The number of carboxylic acid groups (broad SMARTS) is 2. The second kappa shape index (κ2) is 7.60. The molecule has 0 aliphatic carbocycles. The average Bonchev–Trinajstić information content (AvgIpc) is 2.18. The van der Waals surface area contributed by atoms with Gasteiger partial charge in [0.25, 0.3) is 0 Å². The van der Waals surface area contributed by atoms with Crippen molar-refractivity contribution in [2.75, 3.05) is 6.54 Å². The maximum absolute atomic E-state index is 9.55. The Labute approximate surface area is 81.1 Å². The first-order chi connectivity index (χ1) is 6.63. The van der Waals surface area contributed by atoms with Crippen LogP contribution in [0.5, 0.6) is 0 Å². The van der Waals surface area contributed by atoms with Crippen LogP contribution in [0.15, 0.2) is 36.6 Å². The molecule has 0 radical (unpaired) electrons. The molecule has 3 N–H and O–H groups in total. The van der Waals surface area contributed by atoms with Gasteiger partial charge in [-0.1, -0.05) is 12.2 Å². The van der Waals surface area contributed by atoms with Gasteiger partial charge in [0.05, 0.1) is 0 Å². The summed E-state index contributed by atoms with van der Waals surface area (Å²) in [6, 6.07) is 0. The molecule has 0 atom stereocenters. The zero-order chi connectivity index (χ0) is 10.8. The van der Waals surface area contributed by atoms with Crippen LogP contribution in [0.25, 0.3) is 0 Å². The van der Waals surface area contributed by atoms with Crippen LogP contribution in [0.2, 0.25) is 0 Å². The normalized spacial score (nSPS) is 12.9. The van der Waals surface area contributed by atoms with Crippen molar-refractivity contribution in [2.24, 2.45) is 0 Å². The fourth-order valence-electron chi connectivity index (χ4n) is 0.549. The number of allylic oxidation sites excluding steroid dienone is 2. The monoisotopic (exact) mass is 197 g/mol. The lowest BCUT2D eigenvalue weighted by molar-refractivity contribution is -0.134. The predicted octanol–water partition coefficient (Wildman–Crippen LogP) is 0.371. The van der Waals surface area contributed by atoms with E-state index in [4.69, 9.17) is 10.2 Å². The Morgan fingerprint density at radius 1 is 1.14 bits per heavy atom. The van der Waals surface area contributed by atoms with E-state index < -0.39 is 11.9 Å². The summed E-state index contributed by atoms with van der Waals surface area (Å²) in [5.41, 5.74) is 0. The third-order valence-corrected chi connectivity index (χ3v) is 1.07. The lowest BCUT2D eigenvalue weighted by Crippen LogP contribution is -2.05. The lowest BCUT2D eigenvalue weighted by Gasteiger charge is -1.94.